The molecule has 1 aromatic heterocycles. The molecule has 0 bridgehead atoms. The van der Waals surface area contributed by atoms with Crippen molar-refractivity contribution in [2.75, 3.05) is 13.1 Å². The average molecular weight is 475 g/mol. The Hall–Kier alpha value is -1.98. The topological polar surface area (TPSA) is 67.2 Å². The molecule has 4 rings (SSSR count). The molecule has 0 spiro atoms. The third-order valence-electron chi connectivity index (χ3n) is 6.46. The van der Waals surface area contributed by atoms with E-state index in [4.69, 9.17) is 0 Å². The van der Waals surface area contributed by atoms with Gasteiger partial charge in [-0.15, -0.1) is 0 Å². The molecule has 176 valence electrons. The standard InChI is InChI=1S/C21H26F4N4O2S/c1-28-12-20(26-13-28)32(30,31)29-10-18(14-5-7-16(22)8-6-14)19(11-29)27-17-4-2-3-15(9-17)21(23,24)25/h5-8,12-13,15,17-19,27H,2-4,9-11H2,1H3. The molecule has 2 aliphatic rings. The van der Waals surface area contributed by atoms with Crippen LogP contribution in [0.4, 0.5) is 17.6 Å². The molecule has 4 atom stereocenters. The SMILES string of the molecule is Cn1cnc(S(=O)(=O)N2CC(NC3CCCC(C(F)(F)F)C3)C(c3ccc(F)cc3)C2)c1. The third-order valence-corrected chi connectivity index (χ3v) is 8.17. The first kappa shape index (κ1) is 23.2. The summed E-state index contributed by atoms with van der Waals surface area (Å²) in [5.41, 5.74) is 0.741. The number of hydrogen-bond acceptors (Lipinski definition) is 4. The summed E-state index contributed by atoms with van der Waals surface area (Å²) in [5.74, 6) is -2.08. The molecule has 1 N–H and O–H groups in total. The van der Waals surface area contributed by atoms with Gasteiger partial charge in [-0.3, -0.25) is 0 Å². The molecule has 1 saturated heterocycles. The Morgan fingerprint density at radius 2 is 1.84 bits per heavy atom. The van der Waals surface area contributed by atoms with Crippen molar-refractivity contribution in [2.24, 2.45) is 13.0 Å². The van der Waals surface area contributed by atoms with Gasteiger partial charge in [-0.1, -0.05) is 18.6 Å². The van der Waals surface area contributed by atoms with E-state index in [-0.39, 0.29) is 42.9 Å². The molecule has 32 heavy (non-hydrogen) atoms. The summed E-state index contributed by atoms with van der Waals surface area (Å²) in [7, 11) is -2.20. The zero-order valence-corrected chi connectivity index (χ0v) is 18.4. The van der Waals surface area contributed by atoms with Crippen molar-refractivity contribution in [3.05, 3.63) is 48.2 Å². The number of aromatic nitrogens is 2. The molecule has 0 radical (unpaired) electrons. The second kappa shape index (κ2) is 8.75. The summed E-state index contributed by atoms with van der Waals surface area (Å²) in [6.45, 7) is 0.242. The van der Waals surface area contributed by atoms with Crippen molar-refractivity contribution in [3.63, 3.8) is 0 Å². The summed E-state index contributed by atoms with van der Waals surface area (Å²) in [6.07, 6.45) is -0.261. The van der Waals surface area contributed by atoms with E-state index in [1.165, 1.54) is 33.5 Å². The normalized spacial score (nSPS) is 27.7. The van der Waals surface area contributed by atoms with E-state index >= 15 is 0 Å². The summed E-state index contributed by atoms with van der Waals surface area (Å²) in [4.78, 5) is 3.96. The van der Waals surface area contributed by atoms with Gasteiger partial charge in [0.1, 0.15) is 5.82 Å². The van der Waals surface area contributed by atoms with E-state index < -0.39 is 34.0 Å². The van der Waals surface area contributed by atoms with Crippen molar-refractivity contribution < 1.29 is 26.0 Å². The van der Waals surface area contributed by atoms with Gasteiger partial charge < -0.3 is 9.88 Å². The fourth-order valence-electron chi connectivity index (χ4n) is 4.78. The molecule has 2 fully saturated rings. The smallest absolute Gasteiger partial charge is 0.339 e. The number of halogens is 4. The second-order valence-electron chi connectivity index (χ2n) is 8.73. The molecule has 1 aromatic carbocycles. The maximum Gasteiger partial charge on any atom is 0.391 e. The summed E-state index contributed by atoms with van der Waals surface area (Å²) in [6, 6.07) is 5.07. The number of imidazole rings is 1. The van der Waals surface area contributed by atoms with Crippen LogP contribution in [0.3, 0.4) is 0 Å². The summed E-state index contributed by atoms with van der Waals surface area (Å²) < 4.78 is 82.3. The van der Waals surface area contributed by atoms with E-state index in [1.54, 1.807) is 19.2 Å². The average Bonchev–Trinajstić information content (AvgIpc) is 3.36. The van der Waals surface area contributed by atoms with Crippen LogP contribution in [0, 0.1) is 11.7 Å². The first-order valence-electron chi connectivity index (χ1n) is 10.6. The van der Waals surface area contributed by atoms with Gasteiger partial charge in [0.2, 0.25) is 0 Å². The van der Waals surface area contributed by atoms with Crippen molar-refractivity contribution in [1.82, 2.24) is 19.2 Å². The maximum absolute atomic E-state index is 13.4. The molecule has 1 aliphatic heterocycles. The van der Waals surface area contributed by atoms with Gasteiger partial charge in [0, 0.05) is 44.3 Å². The van der Waals surface area contributed by atoms with Crippen LogP contribution >= 0.6 is 0 Å². The Labute approximate surface area is 184 Å². The molecule has 1 saturated carbocycles. The van der Waals surface area contributed by atoms with Crippen LogP contribution in [0.2, 0.25) is 0 Å². The fraction of sp³-hybridized carbons (Fsp3) is 0.571. The predicted molar refractivity (Wildman–Crippen MR) is 110 cm³/mol. The highest BCUT2D eigenvalue weighted by molar-refractivity contribution is 7.89. The number of sulfonamides is 1. The van der Waals surface area contributed by atoms with E-state index in [2.05, 4.69) is 10.3 Å². The molecule has 2 heterocycles. The molecule has 6 nitrogen and oxygen atoms in total. The zero-order chi connectivity index (χ0) is 23.1. The highest BCUT2D eigenvalue weighted by Gasteiger charge is 2.45. The van der Waals surface area contributed by atoms with Crippen LogP contribution in [-0.2, 0) is 17.1 Å². The number of rotatable bonds is 5. The number of nitrogens with zero attached hydrogens (tertiary/aromatic N) is 3. The second-order valence-corrected chi connectivity index (χ2v) is 10.6. The Bertz CT molecular complexity index is 1040. The van der Waals surface area contributed by atoms with Crippen LogP contribution < -0.4 is 5.32 Å². The van der Waals surface area contributed by atoms with Crippen LogP contribution in [0.15, 0.2) is 41.8 Å². The number of aryl methyl sites for hydroxylation is 1. The van der Waals surface area contributed by atoms with Crippen molar-refractivity contribution >= 4 is 10.0 Å². The quantitative estimate of drug-likeness (QED) is 0.675. The first-order chi connectivity index (χ1) is 15.0. The molecule has 4 unspecified atom stereocenters. The highest BCUT2D eigenvalue weighted by Crippen LogP contribution is 2.39. The molecule has 1 aliphatic carbocycles. The van der Waals surface area contributed by atoms with Crippen molar-refractivity contribution in [2.45, 2.75) is 54.9 Å². The Morgan fingerprint density at radius 3 is 2.47 bits per heavy atom. The minimum atomic E-state index is -4.24. The molecular weight excluding hydrogens is 448 g/mol. The Kier molecular flexibility index (Phi) is 6.34. The lowest BCUT2D eigenvalue weighted by molar-refractivity contribution is -0.183. The van der Waals surface area contributed by atoms with Crippen LogP contribution in [0.5, 0.6) is 0 Å². The fourth-order valence-corrected chi connectivity index (χ4v) is 6.23. The summed E-state index contributed by atoms with van der Waals surface area (Å²) in [5, 5.41) is 3.24. The van der Waals surface area contributed by atoms with Gasteiger partial charge in [-0.25, -0.2) is 17.8 Å². The van der Waals surface area contributed by atoms with Gasteiger partial charge in [0.25, 0.3) is 10.0 Å². The van der Waals surface area contributed by atoms with Gasteiger partial charge in [0.05, 0.1) is 12.2 Å². The van der Waals surface area contributed by atoms with E-state index in [9.17, 15) is 26.0 Å². The predicted octanol–water partition coefficient (Wildman–Crippen LogP) is 3.43. The van der Waals surface area contributed by atoms with Crippen molar-refractivity contribution in [1.29, 1.82) is 0 Å². The molecular formula is C21H26F4N4O2S. The van der Waals surface area contributed by atoms with Gasteiger partial charge in [0.15, 0.2) is 5.03 Å². The number of alkyl halides is 3. The highest BCUT2D eigenvalue weighted by atomic mass is 32.2. The zero-order valence-electron chi connectivity index (χ0n) is 17.6. The monoisotopic (exact) mass is 474 g/mol. The maximum atomic E-state index is 13.4. The van der Waals surface area contributed by atoms with E-state index in [1.807, 2.05) is 0 Å². The summed E-state index contributed by atoms with van der Waals surface area (Å²) >= 11 is 0. The molecule has 11 heteroatoms. The Morgan fingerprint density at radius 1 is 1.12 bits per heavy atom. The third kappa shape index (κ3) is 4.84. The lowest BCUT2D eigenvalue weighted by atomic mass is 9.84. The minimum absolute atomic E-state index is 0.0247. The van der Waals surface area contributed by atoms with Crippen LogP contribution in [0.1, 0.15) is 37.2 Å². The Balaban J connectivity index is 1.57. The van der Waals surface area contributed by atoms with E-state index in [0.29, 0.717) is 12.8 Å². The van der Waals surface area contributed by atoms with Gasteiger partial charge in [-0.2, -0.15) is 17.5 Å². The number of hydrogen-bond donors (Lipinski definition) is 1. The molecule has 0 amide bonds. The van der Waals surface area contributed by atoms with Gasteiger partial charge >= 0.3 is 6.18 Å². The van der Waals surface area contributed by atoms with Crippen LogP contribution in [0.25, 0.3) is 0 Å². The van der Waals surface area contributed by atoms with Gasteiger partial charge in [-0.05, 0) is 37.0 Å². The minimum Gasteiger partial charge on any atom is -0.339 e. The lowest BCUT2D eigenvalue weighted by Crippen LogP contribution is -2.46. The largest absolute Gasteiger partial charge is 0.391 e. The first-order valence-corrected chi connectivity index (χ1v) is 12.0. The van der Waals surface area contributed by atoms with Crippen molar-refractivity contribution in [3.8, 4) is 0 Å². The molecule has 2 aromatic rings. The van der Waals surface area contributed by atoms with Crippen LogP contribution in [-0.4, -0.2) is 53.6 Å². The van der Waals surface area contributed by atoms with E-state index in [0.717, 1.165) is 5.56 Å². The number of benzene rings is 1. The number of nitrogens with one attached hydrogen (secondary N) is 1. The lowest BCUT2D eigenvalue weighted by Gasteiger charge is -2.34.